The van der Waals surface area contributed by atoms with Crippen LogP contribution in [0, 0.1) is 12.3 Å². The summed E-state index contributed by atoms with van der Waals surface area (Å²) >= 11 is 0. The van der Waals surface area contributed by atoms with E-state index in [1.165, 1.54) is 5.69 Å². The first-order valence-electron chi connectivity index (χ1n) is 10.1. The number of hydrogen-bond acceptors (Lipinski definition) is 3. The summed E-state index contributed by atoms with van der Waals surface area (Å²) in [7, 11) is 0. The summed E-state index contributed by atoms with van der Waals surface area (Å²) in [6.45, 7) is 10.6. The molecule has 1 amide bonds. The smallest absolute Gasteiger partial charge is 0.268 e. The molecule has 0 saturated carbocycles. The number of carbonyl (C=O) groups excluding carboxylic acids is 2. The van der Waals surface area contributed by atoms with Crippen molar-refractivity contribution in [3.05, 3.63) is 52.8 Å². The first-order chi connectivity index (χ1) is 13.3. The summed E-state index contributed by atoms with van der Waals surface area (Å²) in [5, 5.41) is 3.01. The van der Waals surface area contributed by atoms with Gasteiger partial charge in [0.1, 0.15) is 5.69 Å². The van der Waals surface area contributed by atoms with E-state index in [2.05, 4.69) is 48.1 Å². The zero-order valence-corrected chi connectivity index (χ0v) is 17.4. The third-order valence-corrected chi connectivity index (χ3v) is 5.52. The minimum Gasteiger partial charge on any atom is -0.372 e. The number of Topliss-reactive ketones (excluding diaryl/α,β-unsaturated/α-hetero) is 1. The van der Waals surface area contributed by atoms with Crippen molar-refractivity contribution >= 4 is 17.4 Å². The van der Waals surface area contributed by atoms with E-state index in [0.29, 0.717) is 18.7 Å². The van der Waals surface area contributed by atoms with E-state index in [1.54, 1.807) is 0 Å². The van der Waals surface area contributed by atoms with E-state index in [4.69, 9.17) is 0 Å². The molecular weight excluding hydrogens is 350 g/mol. The molecule has 0 unspecified atom stereocenters. The Hall–Kier alpha value is -2.56. The van der Waals surface area contributed by atoms with Crippen molar-refractivity contribution in [1.29, 1.82) is 0 Å². The Kier molecular flexibility index (Phi) is 5.92. The Balaban J connectivity index is 1.58. The molecule has 5 heteroatoms. The standard InChI is InChI=1S/C23H31N3O2/c1-5-26(17-10-7-6-8-11-17)13-9-12-24-22(28)21-16(2)20-18(25-21)14-23(3,4)15-19(20)27/h6-8,10-11,25H,5,9,12-15H2,1-4H3,(H,24,28). The molecular formula is C23H31N3O2. The number of para-hydroxylation sites is 1. The highest BCUT2D eigenvalue weighted by Gasteiger charge is 2.35. The lowest BCUT2D eigenvalue weighted by molar-refractivity contribution is 0.0909. The largest absolute Gasteiger partial charge is 0.372 e. The average Bonchev–Trinajstić information content (AvgIpc) is 2.97. The number of carbonyl (C=O) groups is 2. The van der Waals surface area contributed by atoms with Gasteiger partial charge in [0, 0.05) is 43.0 Å². The molecule has 0 fully saturated rings. The van der Waals surface area contributed by atoms with Crippen LogP contribution in [0.1, 0.15) is 65.7 Å². The van der Waals surface area contributed by atoms with Gasteiger partial charge in [-0.2, -0.15) is 0 Å². The molecule has 5 nitrogen and oxygen atoms in total. The number of fused-ring (bicyclic) bond motifs is 1. The highest BCUT2D eigenvalue weighted by Crippen LogP contribution is 2.36. The number of ketones is 1. The molecule has 0 radical (unpaired) electrons. The maximum atomic E-state index is 12.7. The van der Waals surface area contributed by atoms with E-state index in [0.717, 1.165) is 42.8 Å². The van der Waals surface area contributed by atoms with Gasteiger partial charge < -0.3 is 15.2 Å². The highest BCUT2D eigenvalue weighted by atomic mass is 16.2. The second-order valence-electron chi connectivity index (χ2n) is 8.44. The maximum Gasteiger partial charge on any atom is 0.268 e. The molecule has 2 aromatic rings. The number of nitrogens with one attached hydrogen (secondary N) is 2. The highest BCUT2D eigenvalue weighted by molar-refractivity contribution is 6.04. The van der Waals surface area contributed by atoms with Crippen LogP contribution in [0.4, 0.5) is 5.69 Å². The van der Waals surface area contributed by atoms with Gasteiger partial charge in [0.2, 0.25) is 0 Å². The number of aromatic amines is 1. The van der Waals surface area contributed by atoms with Crippen LogP contribution in [0.15, 0.2) is 30.3 Å². The second kappa shape index (κ2) is 8.21. The molecule has 0 aliphatic heterocycles. The predicted octanol–water partition coefficient (Wildman–Crippen LogP) is 4.12. The van der Waals surface area contributed by atoms with E-state index in [-0.39, 0.29) is 17.1 Å². The van der Waals surface area contributed by atoms with Gasteiger partial charge in [-0.05, 0) is 49.8 Å². The Bertz CT molecular complexity index is 852. The van der Waals surface area contributed by atoms with Crippen LogP contribution in [0.3, 0.4) is 0 Å². The van der Waals surface area contributed by atoms with Crippen molar-refractivity contribution in [3.63, 3.8) is 0 Å². The van der Waals surface area contributed by atoms with Gasteiger partial charge >= 0.3 is 0 Å². The molecule has 3 rings (SSSR count). The van der Waals surface area contributed by atoms with Crippen molar-refractivity contribution in [2.24, 2.45) is 5.41 Å². The number of anilines is 1. The molecule has 0 bridgehead atoms. The quantitative estimate of drug-likeness (QED) is 0.709. The molecule has 1 aliphatic rings. The van der Waals surface area contributed by atoms with Crippen LogP contribution in [0.2, 0.25) is 0 Å². The Labute approximate surface area is 167 Å². The molecule has 0 saturated heterocycles. The predicted molar refractivity (Wildman–Crippen MR) is 113 cm³/mol. The van der Waals surface area contributed by atoms with E-state index < -0.39 is 0 Å². The van der Waals surface area contributed by atoms with Crippen LogP contribution in [0.25, 0.3) is 0 Å². The lowest BCUT2D eigenvalue weighted by Gasteiger charge is -2.28. The van der Waals surface area contributed by atoms with Gasteiger partial charge in [-0.15, -0.1) is 0 Å². The summed E-state index contributed by atoms with van der Waals surface area (Å²) in [5.41, 5.74) is 4.09. The molecule has 0 atom stereocenters. The van der Waals surface area contributed by atoms with Crippen LogP contribution in [0.5, 0.6) is 0 Å². The number of benzene rings is 1. The minimum atomic E-state index is -0.125. The fraction of sp³-hybridized carbons (Fsp3) is 0.478. The van der Waals surface area contributed by atoms with Crippen LogP contribution >= 0.6 is 0 Å². The summed E-state index contributed by atoms with van der Waals surface area (Å²) in [6.07, 6.45) is 2.19. The fourth-order valence-electron chi connectivity index (χ4n) is 4.13. The second-order valence-corrected chi connectivity index (χ2v) is 8.44. The molecule has 28 heavy (non-hydrogen) atoms. The molecule has 2 N–H and O–H groups in total. The summed E-state index contributed by atoms with van der Waals surface area (Å²) < 4.78 is 0. The van der Waals surface area contributed by atoms with E-state index >= 15 is 0 Å². The summed E-state index contributed by atoms with van der Waals surface area (Å²) in [6, 6.07) is 10.3. The molecule has 1 aromatic carbocycles. The lowest BCUT2D eigenvalue weighted by Crippen LogP contribution is -2.30. The number of aromatic nitrogens is 1. The average molecular weight is 382 g/mol. The first-order valence-corrected chi connectivity index (χ1v) is 10.1. The minimum absolute atomic E-state index is 0.0594. The summed E-state index contributed by atoms with van der Waals surface area (Å²) in [4.78, 5) is 30.7. The van der Waals surface area contributed by atoms with Crippen LogP contribution < -0.4 is 10.2 Å². The van der Waals surface area contributed by atoms with Gasteiger partial charge in [-0.3, -0.25) is 9.59 Å². The van der Waals surface area contributed by atoms with Crippen molar-refractivity contribution in [2.45, 2.75) is 47.0 Å². The fourth-order valence-corrected chi connectivity index (χ4v) is 4.13. The lowest BCUT2D eigenvalue weighted by atomic mass is 9.75. The van der Waals surface area contributed by atoms with Gasteiger partial charge in [0.25, 0.3) is 5.91 Å². The third kappa shape index (κ3) is 4.29. The van der Waals surface area contributed by atoms with Gasteiger partial charge in [0.05, 0.1) is 0 Å². The first kappa shape index (κ1) is 20.2. The molecule has 1 heterocycles. The zero-order chi connectivity index (χ0) is 20.3. The molecule has 1 aromatic heterocycles. The van der Waals surface area contributed by atoms with Gasteiger partial charge in [-0.1, -0.05) is 32.0 Å². The third-order valence-electron chi connectivity index (χ3n) is 5.52. The van der Waals surface area contributed by atoms with Crippen molar-refractivity contribution in [1.82, 2.24) is 10.3 Å². The Morgan fingerprint density at radius 3 is 2.61 bits per heavy atom. The number of amides is 1. The summed E-state index contributed by atoms with van der Waals surface area (Å²) in [5.74, 6) is 0.0146. The van der Waals surface area contributed by atoms with Gasteiger partial charge in [-0.25, -0.2) is 0 Å². The zero-order valence-electron chi connectivity index (χ0n) is 17.4. The number of rotatable bonds is 7. The van der Waals surface area contributed by atoms with Crippen molar-refractivity contribution < 1.29 is 9.59 Å². The normalized spacial score (nSPS) is 15.2. The van der Waals surface area contributed by atoms with Crippen LogP contribution in [-0.4, -0.2) is 36.3 Å². The topological polar surface area (TPSA) is 65.2 Å². The van der Waals surface area contributed by atoms with Crippen LogP contribution in [-0.2, 0) is 6.42 Å². The van der Waals surface area contributed by atoms with Gasteiger partial charge in [0.15, 0.2) is 5.78 Å². The van der Waals surface area contributed by atoms with Crippen molar-refractivity contribution in [3.8, 4) is 0 Å². The monoisotopic (exact) mass is 381 g/mol. The van der Waals surface area contributed by atoms with Crippen molar-refractivity contribution in [2.75, 3.05) is 24.5 Å². The number of H-pyrrole nitrogens is 1. The molecule has 0 spiro atoms. The Morgan fingerprint density at radius 1 is 1.21 bits per heavy atom. The number of hydrogen-bond donors (Lipinski definition) is 2. The maximum absolute atomic E-state index is 12.7. The van der Waals surface area contributed by atoms with E-state index in [1.807, 2.05) is 25.1 Å². The molecule has 150 valence electrons. The molecule has 1 aliphatic carbocycles. The Morgan fingerprint density at radius 2 is 1.93 bits per heavy atom. The SMILES string of the molecule is CCN(CCCNC(=O)c1[nH]c2c(c1C)C(=O)CC(C)(C)C2)c1ccccc1. The van der Waals surface area contributed by atoms with E-state index in [9.17, 15) is 9.59 Å². The number of nitrogens with zero attached hydrogens (tertiary/aromatic N) is 1.